The minimum absolute atomic E-state index is 0.0785. The van der Waals surface area contributed by atoms with Crippen LogP contribution in [-0.2, 0) is 4.79 Å². The second kappa shape index (κ2) is 8.31. The van der Waals surface area contributed by atoms with E-state index in [2.05, 4.69) is 39.7 Å². The smallest absolute Gasteiger partial charge is 0.222 e. The van der Waals surface area contributed by atoms with Crippen molar-refractivity contribution in [3.05, 3.63) is 89.5 Å². The lowest BCUT2D eigenvalue weighted by molar-refractivity contribution is -0.117. The molecule has 0 fully saturated rings. The van der Waals surface area contributed by atoms with Gasteiger partial charge in [-0.3, -0.25) is 9.79 Å². The van der Waals surface area contributed by atoms with Crippen molar-refractivity contribution in [2.45, 2.75) is 44.8 Å². The number of ketones is 1. The van der Waals surface area contributed by atoms with Crippen molar-refractivity contribution < 1.29 is 9.90 Å². The zero-order valence-electron chi connectivity index (χ0n) is 18.7. The number of aliphatic imine (C=N–C) groups is 1. The summed E-state index contributed by atoms with van der Waals surface area (Å²) in [6.07, 6.45) is 3.94. The normalized spacial score (nSPS) is 24.5. The molecule has 2 N–H and O–H groups in total. The van der Waals surface area contributed by atoms with Gasteiger partial charge in [-0.2, -0.15) is 10.1 Å². The summed E-state index contributed by atoms with van der Waals surface area (Å²) < 4.78 is 1.84. The van der Waals surface area contributed by atoms with Crippen LogP contribution in [-0.4, -0.2) is 37.9 Å². The summed E-state index contributed by atoms with van der Waals surface area (Å²) in [6.45, 7) is 3.98. The maximum absolute atomic E-state index is 12.8. The highest BCUT2D eigenvalue weighted by Crippen LogP contribution is 2.40. The molecule has 0 spiro atoms. The van der Waals surface area contributed by atoms with Crippen molar-refractivity contribution in [2.75, 3.05) is 5.32 Å². The fraction of sp³-hybridized carbons (Fsp3) is 0.308. The summed E-state index contributed by atoms with van der Waals surface area (Å²) in [6, 6.07) is 19.4. The number of rotatable bonds is 4. The first-order valence-corrected chi connectivity index (χ1v) is 11.2. The van der Waals surface area contributed by atoms with E-state index >= 15 is 0 Å². The number of benzene rings is 2. The van der Waals surface area contributed by atoms with Crippen LogP contribution in [0.2, 0.25) is 0 Å². The Morgan fingerprint density at radius 3 is 2.39 bits per heavy atom. The molecule has 0 saturated heterocycles. The monoisotopic (exact) mass is 441 g/mol. The van der Waals surface area contributed by atoms with E-state index in [-0.39, 0.29) is 35.1 Å². The minimum atomic E-state index is -0.327. The van der Waals surface area contributed by atoms with Gasteiger partial charge in [-0.05, 0) is 16.5 Å². The first-order chi connectivity index (χ1) is 15.9. The molecule has 0 bridgehead atoms. The van der Waals surface area contributed by atoms with E-state index in [1.807, 2.05) is 54.9 Å². The Labute approximate surface area is 192 Å². The fourth-order valence-electron chi connectivity index (χ4n) is 4.81. The van der Waals surface area contributed by atoms with E-state index in [4.69, 9.17) is 4.99 Å². The molecule has 1 aliphatic carbocycles. The van der Waals surface area contributed by atoms with E-state index in [0.717, 1.165) is 11.1 Å². The number of fused-ring (bicyclic) bond motifs is 1. The van der Waals surface area contributed by atoms with Gasteiger partial charge < -0.3 is 10.4 Å². The molecule has 3 aromatic rings. The molecule has 5 rings (SSSR count). The molecule has 7 nitrogen and oxygen atoms in total. The number of carbonyl (C=O) groups excluding carboxylic acids is 1. The molecule has 3 atom stereocenters. The first-order valence-electron chi connectivity index (χ1n) is 11.2. The van der Waals surface area contributed by atoms with Crippen LogP contribution in [0.3, 0.4) is 0 Å². The number of hydrogen-bond donors (Lipinski definition) is 2. The van der Waals surface area contributed by atoms with E-state index in [1.165, 1.54) is 6.33 Å². The number of anilines is 1. The molecule has 168 valence electrons. The molecule has 0 amide bonds. The topological polar surface area (TPSA) is 92.4 Å². The summed E-state index contributed by atoms with van der Waals surface area (Å²) in [4.78, 5) is 22.2. The van der Waals surface area contributed by atoms with Gasteiger partial charge in [0.25, 0.3) is 0 Å². The van der Waals surface area contributed by atoms with Gasteiger partial charge in [-0.1, -0.05) is 74.5 Å². The number of aliphatic hydroxyl groups excluding tert-OH is 1. The Kier molecular flexibility index (Phi) is 5.32. The summed E-state index contributed by atoms with van der Waals surface area (Å²) >= 11 is 0. The predicted molar refractivity (Wildman–Crippen MR) is 127 cm³/mol. The molecule has 2 heterocycles. The lowest BCUT2D eigenvalue weighted by atomic mass is 9.77. The van der Waals surface area contributed by atoms with Crippen molar-refractivity contribution in [3.63, 3.8) is 0 Å². The van der Waals surface area contributed by atoms with Crippen LogP contribution in [0.25, 0.3) is 0 Å². The maximum atomic E-state index is 12.8. The highest BCUT2D eigenvalue weighted by molar-refractivity contribution is 6.14. The van der Waals surface area contributed by atoms with Gasteiger partial charge in [0.15, 0.2) is 5.78 Å². The molecule has 3 unspecified atom stereocenters. The van der Waals surface area contributed by atoms with Gasteiger partial charge in [0, 0.05) is 19.1 Å². The van der Waals surface area contributed by atoms with Gasteiger partial charge >= 0.3 is 0 Å². The Morgan fingerprint density at radius 1 is 1.06 bits per heavy atom. The molecule has 2 aromatic carbocycles. The largest absolute Gasteiger partial charge is 0.511 e. The summed E-state index contributed by atoms with van der Waals surface area (Å²) in [5.74, 6) is 0.699. The van der Waals surface area contributed by atoms with Crippen LogP contribution in [0.5, 0.6) is 0 Å². The first kappa shape index (κ1) is 21.1. The SMILES string of the molecule is CC1(C)CC(=O)C(C=NC2C(c3ccccc3)Nc3ncnn3C2c2ccccc2)=C(O)C1. The highest BCUT2D eigenvalue weighted by atomic mass is 16.3. The summed E-state index contributed by atoms with van der Waals surface area (Å²) in [7, 11) is 0. The van der Waals surface area contributed by atoms with Gasteiger partial charge in [0.1, 0.15) is 24.2 Å². The average molecular weight is 442 g/mol. The summed E-state index contributed by atoms with van der Waals surface area (Å²) in [5.41, 5.74) is 2.16. The third-order valence-corrected chi connectivity index (χ3v) is 6.36. The molecule has 0 saturated carbocycles. The Balaban J connectivity index is 1.62. The number of Topliss-reactive ketones (excluding diaryl/α,β-unsaturated/α-hetero) is 1. The number of hydrogen-bond acceptors (Lipinski definition) is 6. The Hall–Kier alpha value is -3.74. The number of aliphatic hydroxyl groups is 1. The molecule has 7 heteroatoms. The number of aromatic nitrogens is 3. The number of carbonyl (C=O) groups is 1. The van der Waals surface area contributed by atoms with E-state index < -0.39 is 0 Å². The average Bonchev–Trinajstić information content (AvgIpc) is 3.26. The predicted octanol–water partition coefficient (Wildman–Crippen LogP) is 4.67. The van der Waals surface area contributed by atoms with Crippen LogP contribution in [0, 0.1) is 5.41 Å². The zero-order valence-corrected chi connectivity index (χ0v) is 18.7. The van der Waals surface area contributed by atoms with Crippen LogP contribution in [0.4, 0.5) is 5.95 Å². The highest BCUT2D eigenvalue weighted by Gasteiger charge is 2.40. The standard InChI is InChI=1S/C26H27N5O2/c1-26(2)13-20(32)19(21(33)14-26)15-27-23-22(17-9-5-3-6-10-17)30-25-28-16-29-31(25)24(23)18-11-7-4-8-12-18/h3-12,15-16,22-24,32H,13-14H2,1-2H3,(H,28,29,30). The van der Waals surface area contributed by atoms with Crippen molar-refractivity contribution in [2.24, 2.45) is 10.4 Å². The van der Waals surface area contributed by atoms with Crippen LogP contribution in [0.1, 0.15) is 49.9 Å². The second-order valence-corrected chi connectivity index (χ2v) is 9.49. The lowest BCUT2D eigenvalue weighted by Crippen LogP contribution is -2.40. The Bertz CT molecular complexity index is 1210. The van der Waals surface area contributed by atoms with Crippen molar-refractivity contribution in [3.8, 4) is 0 Å². The van der Waals surface area contributed by atoms with Crippen molar-refractivity contribution in [1.82, 2.24) is 14.8 Å². The van der Waals surface area contributed by atoms with E-state index in [1.54, 1.807) is 6.21 Å². The number of allylic oxidation sites excluding steroid dienone is 2. The third kappa shape index (κ3) is 4.06. The van der Waals surface area contributed by atoms with Crippen molar-refractivity contribution in [1.29, 1.82) is 0 Å². The van der Waals surface area contributed by atoms with Gasteiger partial charge in [0.2, 0.25) is 5.95 Å². The van der Waals surface area contributed by atoms with Gasteiger partial charge in [-0.25, -0.2) is 4.68 Å². The van der Waals surface area contributed by atoms with Gasteiger partial charge in [0.05, 0.1) is 11.6 Å². The van der Waals surface area contributed by atoms with Crippen molar-refractivity contribution >= 4 is 17.9 Å². The quantitative estimate of drug-likeness (QED) is 0.574. The van der Waals surface area contributed by atoms with Crippen LogP contribution < -0.4 is 5.32 Å². The third-order valence-electron chi connectivity index (χ3n) is 6.36. The molecular formula is C26H27N5O2. The zero-order chi connectivity index (χ0) is 23.0. The molecule has 1 aliphatic heterocycles. The summed E-state index contributed by atoms with van der Waals surface area (Å²) in [5, 5.41) is 18.6. The molecule has 0 radical (unpaired) electrons. The Morgan fingerprint density at radius 2 is 1.73 bits per heavy atom. The molecular weight excluding hydrogens is 414 g/mol. The van der Waals surface area contributed by atoms with Gasteiger partial charge in [-0.15, -0.1) is 0 Å². The van der Waals surface area contributed by atoms with E-state index in [0.29, 0.717) is 24.4 Å². The fourth-order valence-corrected chi connectivity index (χ4v) is 4.81. The van der Waals surface area contributed by atoms with Crippen LogP contribution >= 0.6 is 0 Å². The number of nitrogens with one attached hydrogen (secondary N) is 1. The maximum Gasteiger partial charge on any atom is 0.222 e. The second-order valence-electron chi connectivity index (χ2n) is 9.49. The molecule has 1 aromatic heterocycles. The minimum Gasteiger partial charge on any atom is -0.511 e. The molecule has 2 aliphatic rings. The van der Waals surface area contributed by atoms with Crippen LogP contribution in [0.15, 0.2) is 83.3 Å². The van der Waals surface area contributed by atoms with E-state index in [9.17, 15) is 9.90 Å². The lowest BCUT2D eigenvalue weighted by Gasteiger charge is -2.37. The molecule has 33 heavy (non-hydrogen) atoms. The number of nitrogens with zero attached hydrogens (tertiary/aromatic N) is 4.